The SMILES string of the molecule is C=CCCc1ccc(OCc2ccc3c(c2F)C(F)C(F)c2c-3ccc(OCC)c2F)c(F)c1. The lowest BCUT2D eigenvalue weighted by atomic mass is 9.81. The molecule has 0 heterocycles. The molecule has 0 fully saturated rings. The Bertz CT molecular complexity index is 1220. The molecule has 0 radical (unpaired) electrons. The summed E-state index contributed by atoms with van der Waals surface area (Å²) in [6, 6.07) is 9.89. The highest BCUT2D eigenvalue weighted by Gasteiger charge is 2.40. The summed E-state index contributed by atoms with van der Waals surface area (Å²) < 4.78 is 85.0. The maximum atomic E-state index is 15.3. The van der Waals surface area contributed by atoms with Crippen LogP contribution in [0, 0.1) is 17.5 Å². The van der Waals surface area contributed by atoms with Crippen LogP contribution in [0.4, 0.5) is 22.0 Å². The first kappa shape index (κ1) is 23.8. The monoisotopic (exact) mass is 474 g/mol. The number of fused-ring (bicyclic) bond motifs is 3. The Kier molecular flexibility index (Phi) is 6.91. The molecule has 4 rings (SSSR count). The number of ether oxygens (including phenoxy) is 2. The number of hydrogen-bond donors (Lipinski definition) is 0. The van der Waals surface area contributed by atoms with Crippen LogP contribution in [0.5, 0.6) is 11.5 Å². The van der Waals surface area contributed by atoms with E-state index in [4.69, 9.17) is 9.47 Å². The Labute approximate surface area is 194 Å². The zero-order valence-electron chi connectivity index (χ0n) is 18.5. The predicted octanol–water partition coefficient (Wildman–Crippen LogP) is 7.90. The van der Waals surface area contributed by atoms with E-state index >= 15 is 8.78 Å². The second-order valence-electron chi connectivity index (χ2n) is 7.96. The fourth-order valence-electron chi connectivity index (χ4n) is 4.13. The molecular weight excluding hydrogens is 451 g/mol. The standard InChI is InChI=1S/C27H23F5O2/c1-3-5-6-15-7-11-20(19(28)13-15)34-14-16-8-9-17-18-10-12-21(33-4-2)25(30)23(18)27(32)26(31)22(17)24(16)29/h3,7-13,26-27H,1,4-6,14H2,2H3. The molecule has 0 aliphatic heterocycles. The van der Waals surface area contributed by atoms with Crippen LogP contribution in [0.3, 0.4) is 0 Å². The largest absolute Gasteiger partial charge is 0.491 e. The van der Waals surface area contributed by atoms with Gasteiger partial charge in [-0.15, -0.1) is 6.58 Å². The van der Waals surface area contributed by atoms with Gasteiger partial charge in [-0.05, 0) is 54.7 Å². The van der Waals surface area contributed by atoms with Crippen molar-refractivity contribution >= 4 is 0 Å². The third-order valence-electron chi connectivity index (χ3n) is 5.82. The molecule has 178 valence electrons. The molecule has 7 heteroatoms. The van der Waals surface area contributed by atoms with E-state index in [9.17, 15) is 13.2 Å². The summed E-state index contributed by atoms with van der Waals surface area (Å²) in [4.78, 5) is 0. The van der Waals surface area contributed by atoms with E-state index in [1.54, 1.807) is 19.1 Å². The van der Waals surface area contributed by atoms with Gasteiger partial charge in [-0.2, -0.15) is 0 Å². The molecular formula is C27H23F5O2. The second-order valence-corrected chi connectivity index (χ2v) is 7.96. The van der Waals surface area contributed by atoms with Gasteiger partial charge < -0.3 is 9.47 Å². The van der Waals surface area contributed by atoms with Crippen LogP contribution in [-0.2, 0) is 13.0 Å². The summed E-state index contributed by atoms with van der Waals surface area (Å²) in [5.41, 5.74) is -0.198. The molecule has 2 unspecified atom stereocenters. The molecule has 0 saturated carbocycles. The smallest absolute Gasteiger partial charge is 0.171 e. The molecule has 0 aromatic heterocycles. The number of benzene rings is 3. The number of rotatable bonds is 8. The van der Waals surface area contributed by atoms with Crippen molar-refractivity contribution in [2.45, 2.75) is 38.7 Å². The van der Waals surface area contributed by atoms with Crippen LogP contribution < -0.4 is 9.47 Å². The van der Waals surface area contributed by atoms with Crippen LogP contribution in [0.15, 0.2) is 55.1 Å². The fourth-order valence-corrected chi connectivity index (χ4v) is 4.13. The van der Waals surface area contributed by atoms with Crippen molar-refractivity contribution in [2.24, 2.45) is 0 Å². The number of hydrogen-bond acceptors (Lipinski definition) is 2. The van der Waals surface area contributed by atoms with Gasteiger partial charge in [0, 0.05) is 16.7 Å². The first-order chi connectivity index (χ1) is 16.4. The van der Waals surface area contributed by atoms with E-state index in [0.29, 0.717) is 12.8 Å². The molecule has 0 saturated heterocycles. The number of aryl methyl sites for hydroxylation is 1. The zero-order valence-corrected chi connectivity index (χ0v) is 18.5. The summed E-state index contributed by atoms with van der Waals surface area (Å²) in [6.45, 7) is 5.03. The lowest BCUT2D eigenvalue weighted by Gasteiger charge is -2.28. The quantitative estimate of drug-likeness (QED) is 0.244. The lowest BCUT2D eigenvalue weighted by molar-refractivity contribution is 0.158. The van der Waals surface area contributed by atoms with Gasteiger partial charge in [-0.1, -0.05) is 30.3 Å². The minimum atomic E-state index is -2.42. The van der Waals surface area contributed by atoms with E-state index in [2.05, 4.69) is 6.58 Å². The van der Waals surface area contributed by atoms with Crippen molar-refractivity contribution < 1.29 is 31.4 Å². The first-order valence-electron chi connectivity index (χ1n) is 10.9. The zero-order chi connectivity index (χ0) is 24.4. The van der Waals surface area contributed by atoms with Gasteiger partial charge in [0.15, 0.2) is 35.5 Å². The normalized spacial score (nSPS) is 16.5. The van der Waals surface area contributed by atoms with Crippen molar-refractivity contribution in [3.8, 4) is 22.6 Å². The van der Waals surface area contributed by atoms with E-state index < -0.39 is 47.5 Å². The van der Waals surface area contributed by atoms with Crippen LogP contribution in [0.2, 0.25) is 0 Å². The van der Waals surface area contributed by atoms with E-state index in [1.165, 1.54) is 36.4 Å². The van der Waals surface area contributed by atoms with E-state index in [1.807, 2.05) is 0 Å². The van der Waals surface area contributed by atoms with Crippen molar-refractivity contribution in [3.63, 3.8) is 0 Å². The van der Waals surface area contributed by atoms with Gasteiger partial charge in [0.25, 0.3) is 0 Å². The van der Waals surface area contributed by atoms with Crippen molar-refractivity contribution in [1.82, 2.24) is 0 Å². The summed E-state index contributed by atoms with van der Waals surface area (Å²) in [7, 11) is 0. The van der Waals surface area contributed by atoms with E-state index in [0.717, 1.165) is 5.56 Å². The molecule has 0 spiro atoms. The predicted molar refractivity (Wildman–Crippen MR) is 120 cm³/mol. The van der Waals surface area contributed by atoms with Crippen molar-refractivity contribution in [3.05, 3.63) is 94.8 Å². The van der Waals surface area contributed by atoms with Gasteiger partial charge in [-0.3, -0.25) is 0 Å². The van der Waals surface area contributed by atoms with Crippen LogP contribution in [0.1, 0.15) is 47.9 Å². The molecule has 0 N–H and O–H groups in total. The minimum absolute atomic E-state index is 0.0531. The molecule has 3 aromatic carbocycles. The first-order valence-corrected chi connectivity index (χ1v) is 10.9. The van der Waals surface area contributed by atoms with Crippen LogP contribution in [-0.4, -0.2) is 6.61 Å². The molecule has 0 amide bonds. The summed E-state index contributed by atoms with van der Waals surface area (Å²) in [6.07, 6.45) is -1.79. The number of halogens is 5. The highest BCUT2D eigenvalue weighted by Crippen LogP contribution is 2.51. The van der Waals surface area contributed by atoms with E-state index in [-0.39, 0.29) is 34.8 Å². The Morgan fingerprint density at radius 2 is 1.50 bits per heavy atom. The van der Waals surface area contributed by atoms with Gasteiger partial charge in [-0.25, -0.2) is 22.0 Å². The molecule has 3 aromatic rings. The maximum absolute atomic E-state index is 15.3. The summed E-state index contributed by atoms with van der Waals surface area (Å²) in [5.74, 6) is -2.89. The van der Waals surface area contributed by atoms with Crippen LogP contribution in [0.25, 0.3) is 11.1 Å². The van der Waals surface area contributed by atoms with Crippen LogP contribution >= 0.6 is 0 Å². The molecule has 34 heavy (non-hydrogen) atoms. The van der Waals surface area contributed by atoms with Crippen molar-refractivity contribution in [1.29, 1.82) is 0 Å². The lowest BCUT2D eigenvalue weighted by Crippen LogP contribution is -2.17. The Hall–Kier alpha value is -3.35. The average Bonchev–Trinajstić information content (AvgIpc) is 2.82. The summed E-state index contributed by atoms with van der Waals surface area (Å²) >= 11 is 0. The molecule has 0 bridgehead atoms. The Morgan fingerprint density at radius 1 is 0.853 bits per heavy atom. The Morgan fingerprint density at radius 3 is 2.15 bits per heavy atom. The third-order valence-corrected chi connectivity index (χ3v) is 5.82. The second kappa shape index (κ2) is 9.87. The molecule has 2 atom stereocenters. The third kappa shape index (κ3) is 4.27. The molecule has 1 aliphatic rings. The number of allylic oxidation sites excluding steroid dienone is 1. The average molecular weight is 474 g/mol. The maximum Gasteiger partial charge on any atom is 0.171 e. The number of alkyl halides is 2. The highest BCUT2D eigenvalue weighted by atomic mass is 19.2. The molecule has 2 nitrogen and oxygen atoms in total. The van der Waals surface area contributed by atoms with Gasteiger partial charge in [0.1, 0.15) is 12.4 Å². The van der Waals surface area contributed by atoms with Gasteiger partial charge in [0.05, 0.1) is 6.61 Å². The topological polar surface area (TPSA) is 18.5 Å². The summed E-state index contributed by atoms with van der Waals surface area (Å²) in [5, 5.41) is 0. The fraction of sp³-hybridized carbons (Fsp3) is 0.259. The minimum Gasteiger partial charge on any atom is -0.491 e. The molecule has 1 aliphatic carbocycles. The van der Waals surface area contributed by atoms with Crippen molar-refractivity contribution in [2.75, 3.05) is 6.61 Å². The highest BCUT2D eigenvalue weighted by molar-refractivity contribution is 5.76. The Balaban J connectivity index is 1.64. The van der Waals surface area contributed by atoms with Gasteiger partial charge in [0.2, 0.25) is 0 Å². The van der Waals surface area contributed by atoms with Gasteiger partial charge >= 0.3 is 0 Å².